The molecule has 0 amide bonds. The van der Waals surface area contributed by atoms with Crippen LogP contribution in [0.3, 0.4) is 0 Å². The standard InChI is InChI=1S/C24H31ClN6/c1-18-29-30-22(31(18)4)16-27-23(26-15-19-9-6-5-7-10-19)28-17-24(2,3)14-20-11-8-12-21(25)13-20/h5-13H,14-17H2,1-4H3,(H2,26,27,28). The third kappa shape index (κ3) is 7.10. The lowest BCUT2D eigenvalue weighted by molar-refractivity contribution is 0.359. The minimum Gasteiger partial charge on any atom is -0.356 e. The summed E-state index contributed by atoms with van der Waals surface area (Å²) in [5.74, 6) is 2.50. The van der Waals surface area contributed by atoms with E-state index >= 15 is 0 Å². The summed E-state index contributed by atoms with van der Waals surface area (Å²) in [5, 5.41) is 16.0. The van der Waals surface area contributed by atoms with Crippen molar-refractivity contribution in [1.82, 2.24) is 25.4 Å². The Morgan fingerprint density at radius 2 is 1.77 bits per heavy atom. The second kappa shape index (κ2) is 10.4. The zero-order chi connectivity index (χ0) is 22.3. The van der Waals surface area contributed by atoms with Crippen LogP contribution in [0, 0.1) is 12.3 Å². The fourth-order valence-corrected chi connectivity index (χ4v) is 3.49. The van der Waals surface area contributed by atoms with Crippen molar-refractivity contribution in [3.8, 4) is 0 Å². The molecule has 0 unspecified atom stereocenters. The topological polar surface area (TPSA) is 67.1 Å². The van der Waals surface area contributed by atoms with Crippen LogP contribution in [-0.4, -0.2) is 27.3 Å². The lowest BCUT2D eigenvalue weighted by atomic mass is 9.86. The zero-order valence-electron chi connectivity index (χ0n) is 18.7. The first-order valence-corrected chi connectivity index (χ1v) is 10.9. The normalized spacial score (nSPS) is 12.1. The molecule has 0 aliphatic heterocycles. The smallest absolute Gasteiger partial charge is 0.191 e. The molecule has 31 heavy (non-hydrogen) atoms. The van der Waals surface area contributed by atoms with E-state index < -0.39 is 0 Å². The monoisotopic (exact) mass is 438 g/mol. The molecule has 6 nitrogen and oxygen atoms in total. The Bertz CT molecular complexity index is 1010. The highest BCUT2D eigenvalue weighted by Crippen LogP contribution is 2.22. The minimum absolute atomic E-state index is 0.0151. The van der Waals surface area contributed by atoms with Crippen LogP contribution < -0.4 is 10.6 Å². The molecule has 0 bridgehead atoms. The van der Waals surface area contributed by atoms with Gasteiger partial charge in [-0.25, -0.2) is 4.99 Å². The molecule has 1 heterocycles. The number of guanidine groups is 1. The number of benzene rings is 2. The van der Waals surface area contributed by atoms with Gasteiger partial charge in [0.05, 0.1) is 13.1 Å². The Balaban J connectivity index is 1.66. The number of nitrogens with one attached hydrogen (secondary N) is 2. The van der Waals surface area contributed by atoms with Gasteiger partial charge < -0.3 is 15.2 Å². The SMILES string of the molecule is Cc1nnc(CNC(=NCc2ccccc2)NCC(C)(C)Cc2cccc(Cl)c2)n1C. The number of aryl methyl sites for hydroxylation is 1. The summed E-state index contributed by atoms with van der Waals surface area (Å²) in [7, 11) is 1.97. The molecule has 0 radical (unpaired) electrons. The molecule has 2 N–H and O–H groups in total. The van der Waals surface area contributed by atoms with Gasteiger partial charge in [-0.1, -0.05) is 67.9 Å². The highest BCUT2D eigenvalue weighted by molar-refractivity contribution is 6.30. The van der Waals surface area contributed by atoms with E-state index in [-0.39, 0.29) is 5.41 Å². The summed E-state index contributed by atoms with van der Waals surface area (Å²) < 4.78 is 1.98. The predicted octanol–water partition coefficient (Wildman–Crippen LogP) is 4.28. The van der Waals surface area contributed by atoms with Gasteiger partial charge in [0.15, 0.2) is 11.8 Å². The van der Waals surface area contributed by atoms with Gasteiger partial charge in [-0.05, 0) is 42.0 Å². The van der Waals surface area contributed by atoms with Gasteiger partial charge >= 0.3 is 0 Å². The molecule has 0 atom stereocenters. The molecule has 1 aromatic heterocycles. The quantitative estimate of drug-likeness (QED) is 0.407. The Morgan fingerprint density at radius 1 is 1.03 bits per heavy atom. The Hall–Kier alpha value is -2.86. The molecule has 0 spiro atoms. The van der Waals surface area contributed by atoms with E-state index in [1.807, 2.05) is 54.9 Å². The van der Waals surface area contributed by atoms with E-state index in [2.05, 4.69) is 52.9 Å². The first-order valence-electron chi connectivity index (χ1n) is 10.5. The van der Waals surface area contributed by atoms with Crippen molar-refractivity contribution < 1.29 is 0 Å². The zero-order valence-corrected chi connectivity index (χ0v) is 19.4. The third-order valence-electron chi connectivity index (χ3n) is 5.17. The third-order valence-corrected chi connectivity index (χ3v) is 5.40. The number of hydrogen-bond acceptors (Lipinski definition) is 3. The van der Waals surface area contributed by atoms with E-state index in [0.29, 0.717) is 13.1 Å². The maximum atomic E-state index is 6.16. The summed E-state index contributed by atoms with van der Waals surface area (Å²) >= 11 is 6.16. The summed E-state index contributed by atoms with van der Waals surface area (Å²) in [6, 6.07) is 18.3. The number of rotatable bonds is 8. The second-order valence-electron chi connectivity index (χ2n) is 8.55. The lowest BCUT2D eigenvalue weighted by Gasteiger charge is -2.26. The van der Waals surface area contributed by atoms with Crippen molar-refractivity contribution in [2.75, 3.05) is 6.54 Å². The van der Waals surface area contributed by atoms with Gasteiger partial charge in [-0.3, -0.25) is 0 Å². The fraction of sp³-hybridized carbons (Fsp3) is 0.375. The van der Waals surface area contributed by atoms with Crippen molar-refractivity contribution in [3.05, 3.63) is 82.4 Å². The number of nitrogens with zero attached hydrogens (tertiary/aromatic N) is 4. The van der Waals surface area contributed by atoms with E-state index in [1.54, 1.807) is 0 Å². The minimum atomic E-state index is 0.0151. The van der Waals surface area contributed by atoms with Crippen LogP contribution >= 0.6 is 11.6 Å². The molecule has 0 saturated carbocycles. The van der Waals surface area contributed by atoms with E-state index in [0.717, 1.165) is 41.2 Å². The van der Waals surface area contributed by atoms with E-state index in [9.17, 15) is 0 Å². The van der Waals surface area contributed by atoms with Crippen LogP contribution in [0.25, 0.3) is 0 Å². The Kier molecular flexibility index (Phi) is 7.69. The highest BCUT2D eigenvalue weighted by Gasteiger charge is 2.19. The van der Waals surface area contributed by atoms with E-state index in [1.165, 1.54) is 5.56 Å². The van der Waals surface area contributed by atoms with Gasteiger partial charge in [0.2, 0.25) is 0 Å². The van der Waals surface area contributed by atoms with Crippen LogP contribution in [-0.2, 0) is 26.6 Å². The van der Waals surface area contributed by atoms with Gasteiger partial charge in [0.1, 0.15) is 5.82 Å². The average Bonchev–Trinajstić information content (AvgIpc) is 3.06. The Morgan fingerprint density at radius 3 is 2.45 bits per heavy atom. The van der Waals surface area contributed by atoms with Crippen LogP contribution in [0.1, 0.15) is 36.6 Å². The summed E-state index contributed by atoms with van der Waals surface area (Å²) in [6.45, 7) is 8.33. The molecule has 0 fully saturated rings. The number of halogens is 1. The highest BCUT2D eigenvalue weighted by atomic mass is 35.5. The van der Waals surface area contributed by atoms with Crippen molar-refractivity contribution in [3.63, 3.8) is 0 Å². The van der Waals surface area contributed by atoms with E-state index in [4.69, 9.17) is 16.6 Å². The predicted molar refractivity (Wildman–Crippen MR) is 127 cm³/mol. The van der Waals surface area contributed by atoms with Crippen LogP contribution in [0.4, 0.5) is 0 Å². The van der Waals surface area contributed by atoms with Crippen LogP contribution in [0.15, 0.2) is 59.6 Å². The molecule has 7 heteroatoms. The van der Waals surface area contributed by atoms with Gasteiger partial charge in [-0.15, -0.1) is 10.2 Å². The number of aliphatic imine (C=N–C) groups is 1. The number of aromatic nitrogens is 3. The molecular formula is C24H31ClN6. The summed E-state index contributed by atoms with van der Waals surface area (Å²) in [5.41, 5.74) is 2.40. The largest absolute Gasteiger partial charge is 0.356 e. The van der Waals surface area contributed by atoms with Gasteiger partial charge in [0.25, 0.3) is 0 Å². The fourth-order valence-electron chi connectivity index (χ4n) is 3.28. The van der Waals surface area contributed by atoms with Crippen molar-refractivity contribution in [2.24, 2.45) is 17.5 Å². The maximum absolute atomic E-state index is 6.16. The molecular weight excluding hydrogens is 408 g/mol. The van der Waals surface area contributed by atoms with Gasteiger partial charge in [-0.2, -0.15) is 0 Å². The molecule has 0 aliphatic carbocycles. The second-order valence-corrected chi connectivity index (χ2v) is 8.99. The molecule has 3 rings (SSSR count). The molecule has 3 aromatic rings. The van der Waals surface area contributed by atoms with Crippen molar-refractivity contribution in [2.45, 2.75) is 40.3 Å². The summed E-state index contributed by atoms with van der Waals surface area (Å²) in [6.07, 6.45) is 0.912. The number of hydrogen-bond donors (Lipinski definition) is 2. The van der Waals surface area contributed by atoms with Crippen LogP contribution in [0.2, 0.25) is 5.02 Å². The van der Waals surface area contributed by atoms with Crippen LogP contribution in [0.5, 0.6) is 0 Å². The molecule has 0 aliphatic rings. The Labute approximate surface area is 189 Å². The first-order chi connectivity index (χ1) is 14.8. The molecule has 2 aromatic carbocycles. The average molecular weight is 439 g/mol. The molecule has 0 saturated heterocycles. The van der Waals surface area contributed by atoms with Crippen molar-refractivity contribution in [1.29, 1.82) is 0 Å². The van der Waals surface area contributed by atoms with Gasteiger partial charge in [0, 0.05) is 18.6 Å². The maximum Gasteiger partial charge on any atom is 0.191 e. The lowest BCUT2D eigenvalue weighted by Crippen LogP contribution is -2.42. The van der Waals surface area contributed by atoms with Crippen molar-refractivity contribution >= 4 is 17.6 Å². The first kappa shape index (κ1) is 22.8. The molecule has 164 valence electrons. The summed E-state index contributed by atoms with van der Waals surface area (Å²) in [4.78, 5) is 4.79.